The van der Waals surface area contributed by atoms with Crippen LogP contribution in [0, 0.1) is 5.92 Å². The highest BCUT2D eigenvalue weighted by Gasteiger charge is 2.34. The van der Waals surface area contributed by atoms with Gasteiger partial charge in [0.1, 0.15) is 0 Å². The van der Waals surface area contributed by atoms with E-state index in [1.165, 1.54) is 11.1 Å². The lowest BCUT2D eigenvalue weighted by molar-refractivity contribution is -0.147. The highest BCUT2D eigenvalue weighted by atomic mass is 16.4. The molecule has 1 N–H and O–H groups in total. The number of carboxylic acid groups (broad SMARTS) is 1. The molecule has 1 aromatic rings. The van der Waals surface area contributed by atoms with Gasteiger partial charge in [0.15, 0.2) is 0 Å². The molecule has 1 saturated heterocycles. The van der Waals surface area contributed by atoms with Crippen molar-refractivity contribution in [2.75, 3.05) is 13.1 Å². The number of fused-ring (bicyclic) bond motifs is 1. The number of benzene rings is 1. The summed E-state index contributed by atoms with van der Waals surface area (Å²) in [5, 5.41) is 9.07. The van der Waals surface area contributed by atoms with Gasteiger partial charge in [0.2, 0.25) is 5.91 Å². The Morgan fingerprint density at radius 2 is 2.16 bits per heavy atom. The van der Waals surface area contributed by atoms with Crippen LogP contribution in [0.1, 0.15) is 29.9 Å². The van der Waals surface area contributed by atoms with Crippen LogP contribution >= 0.6 is 0 Å². The number of amides is 1. The van der Waals surface area contributed by atoms with Crippen LogP contribution in [0.2, 0.25) is 0 Å². The first-order valence-corrected chi connectivity index (χ1v) is 6.73. The number of hydrogen-bond acceptors (Lipinski definition) is 2. The van der Waals surface area contributed by atoms with E-state index in [2.05, 4.69) is 12.1 Å². The number of rotatable bonds is 3. The minimum atomic E-state index is -0.786. The molecule has 0 aromatic heterocycles. The van der Waals surface area contributed by atoms with Crippen LogP contribution in [0.25, 0.3) is 0 Å². The molecule has 1 heterocycles. The zero-order valence-electron chi connectivity index (χ0n) is 10.7. The van der Waals surface area contributed by atoms with Gasteiger partial charge in [-0.15, -0.1) is 0 Å². The van der Waals surface area contributed by atoms with Crippen LogP contribution in [0.3, 0.4) is 0 Å². The number of piperidine rings is 1. The Kier molecular flexibility index (Phi) is 3.01. The third kappa shape index (κ3) is 2.23. The molecule has 1 aliphatic carbocycles. The molecule has 2 atom stereocenters. The smallest absolute Gasteiger partial charge is 0.308 e. The van der Waals surface area contributed by atoms with Crippen LogP contribution in [0.5, 0.6) is 0 Å². The fourth-order valence-corrected chi connectivity index (χ4v) is 3.08. The van der Waals surface area contributed by atoms with Gasteiger partial charge < -0.3 is 10.0 Å². The van der Waals surface area contributed by atoms with E-state index in [0.29, 0.717) is 31.8 Å². The fourth-order valence-electron chi connectivity index (χ4n) is 3.08. The molecule has 1 amide bonds. The summed E-state index contributed by atoms with van der Waals surface area (Å²) < 4.78 is 0. The summed E-state index contributed by atoms with van der Waals surface area (Å²) >= 11 is 0. The summed E-state index contributed by atoms with van der Waals surface area (Å²) in [6, 6.07) is 8.27. The molecular formula is C15H17NO3. The van der Waals surface area contributed by atoms with Crippen molar-refractivity contribution >= 4 is 11.9 Å². The molecule has 0 bridgehead atoms. The molecule has 1 aliphatic heterocycles. The zero-order valence-corrected chi connectivity index (χ0v) is 10.7. The minimum absolute atomic E-state index is 0.0990. The molecular weight excluding hydrogens is 242 g/mol. The van der Waals surface area contributed by atoms with E-state index < -0.39 is 11.9 Å². The van der Waals surface area contributed by atoms with Gasteiger partial charge in [-0.3, -0.25) is 9.59 Å². The summed E-state index contributed by atoms with van der Waals surface area (Å²) in [7, 11) is 0. The Labute approximate surface area is 112 Å². The van der Waals surface area contributed by atoms with Crippen molar-refractivity contribution in [3.63, 3.8) is 0 Å². The van der Waals surface area contributed by atoms with Crippen LogP contribution in [-0.2, 0) is 16.0 Å². The van der Waals surface area contributed by atoms with Crippen molar-refractivity contribution in [2.45, 2.75) is 25.2 Å². The summed E-state index contributed by atoms with van der Waals surface area (Å²) in [6.07, 6.45) is 1.84. The molecule has 0 radical (unpaired) electrons. The molecule has 0 spiro atoms. The lowest BCUT2D eigenvalue weighted by Gasteiger charge is -2.37. The average Bonchev–Trinajstić information content (AvgIpc) is 2.37. The van der Waals surface area contributed by atoms with Crippen molar-refractivity contribution < 1.29 is 14.7 Å². The summed E-state index contributed by atoms with van der Waals surface area (Å²) in [5.41, 5.74) is 2.67. The largest absolute Gasteiger partial charge is 0.481 e. The Bertz CT molecular complexity index is 526. The van der Waals surface area contributed by atoms with Crippen molar-refractivity contribution in [1.82, 2.24) is 4.90 Å². The standard InChI is InChI=1S/C15H17NO3/c17-14-6-5-11(15(18)19)8-16(14)9-12-7-10-3-1-2-4-13(10)12/h1-4,11-12H,5-9H2,(H,18,19). The number of carbonyl (C=O) groups excluding carboxylic acids is 1. The van der Waals surface area contributed by atoms with E-state index in [0.717, 1.165) is 6.42 Å². The lowest BCUT2D eigenvalue weighted by Crippen LogP contribution is -2.45. The second-order valence-electron chi connectivity index (χ2n) is 5.47. The molecule has 4 nitrogen and oxygen atoms in total. The number of carboxylic acids is 1. The van der Waals surface area contributed by atoms with Crippen LogP contribution < -0.4 is 0 Å². The minimum Gasteiger partial charge on any atom is -0.481 e. The van der Waals surface area contributed by atoms with E-state index >= 15 is 0 Å². The van der Waals surface area contributed by atoms with Gasteiger partial charge in [-0.2, -0.15) is 0 Å². The van der Waals surface area contributed by atoms with Gasteiger partial charge in [0.05, 0.1) is 5.92 Å². The van der Waals surface area contributed by atoms with Crippen molar-refractivity contribution in [2.24, 2.45) is 5.92 Å². The maximum absolute atomic E-state index is 11.9. The monoisotopic (exact) mass is 259 g/mol. The van der Waals surface area contributed by atoms with Crippen molar-refractivity contribution in [3.8, 4) is 0 Å². The number of aliphatic carboxylic acids is 1. The molecule has 1 fully saturated rings. The number of nitrogens with zero attached hydrogens (tertiary/aromatic N) is 1. The molecule has 19 heavy (non-hydrogen) atoms. The van der Waals surface area contributed by atoms with Crippen LogP contribution in [0.15, 0.2) is 24.3 Å². The van der Waals surface area contributed by atoms with Gasteiger partial charge in [0, 0.05) is 25.4 Å². The number of likely N-dealkylation sites (tertiary alicyclic amines) is 1. The van der Waals surface area contributed by atoms with Crippen LogP contribution in [0.4, 0.5) is 0 Å². The molecule has 4 heteroatoms. The lowest BCUT2D eigenvalue weighted by atomic mass is 9.77. The van der Waals surface area contributed by atoms with Crippen molar-refractivity contribution in [3.05, 3.63) is 35.4 Å². The van der Waals surface area contributed by atoms with Gasteiger partial charge in [-0.05, 0) is 24.0 Å². The van der Waals surface area contributed by atoms with Crippen molar-refractivity contribution in [1.29, 1.82) is 0 Å². The molecule has 0 saturated carbocycles. The summed E-state index contributed by atoms with van der Waals surface area (Å²) in [5.74, 6) is -0.700. The van der Waals surface area contributed by atoms with E-state index in [1.54, 1.807) is 4.90 Å². The van der Waals surface area contributed by atoms with Gasteiger partial charge in [0.25, 0.3) is 0 Å². The van der Waals surface area contributed by atoms with E-state index in [-0.39, 0.29) is 5.91 Å². The normalized spacial score (nSPS) is 25.7. The SMILES string of the molecule is O=C(O)C1CCC(=O)N(CC2Cc3ccccc32)C1. The fraction of sp³-hybridized carbons (Fsp3) is 0.467. The third-order valence-electron chi connectivity index (χ3n) is 4.25. The third-order valence-corrected chi connectivity index (χ3v) is 4.25. The number of carbonyl (C=O) groups is 2. The first-order valence-electron chi connectivity index (χ1n) is 6.73. The second-order valence-corrected chi connectivity index (χ2v) is 5.47. The summed E-state index contributed by atoms with van der Waals surface area (Å²) in [6.45, 7) is 1.03. The Morgan fingerprint density at radius 3 is 2.89 bits per heavy atom. The molecule has 1 aromatic carbocycles. The predicted octanol–water partition coefficient (Wildman–Crippen LogP) is 1.65. The van der Waals surface area contributed by atoms with Gasteiger partial charge >= 0.3 is 5.97 Å². The topological polar surface area (TPSA) is 57.6 Å². The average molecular weight is 259 g/mol. The van der Waals surface area contributed by atoms with E-state index in [1.807, 2.05) is 12.1 Å². The molecule has 2 unspecified atom stereocenters. The highest BCUT2D eigenvalue weighted by Crippen LogP contribution is 2.36. The molecule has 100 valence electrons. The Morgan fingerprint density at radius 1 is 1.37 bits per heavy atom. The van der Waals surface area contributed by atoms with Crippen LogP contribution in [-0.4, -0.2) is 35.0 Å². The Hall–Kier alpha value is -1.84. The van der Waals surface area contributed by atoms with E-state index in [4.69, 9.17) is 5.11 Å². The van der Waals surface area contributed by atoms with Gasteiger partial charge in [-0.25, -0.2) is 0 Å². The second kappa shape index (κ2) is 4.68. The zero-order chi connectivity index (χ0) is 13.4. The maximum Gasteiger partial charge on any atom is 0.308 e. The van der Waals surface area contributed by atoms with Gasteiger partial charge in [-0.1, -0.05) is 24.3 Å². The first kappa shape index (κ1) is 12.2. The number of hydrogen-bond donors (Lipinski definition) is 1. The Balaban J connectivity index is 1.67. The van der Waals surface area contributed by atoms with E-state index in [9.17, 15) is 9.59 Å². The quantitative estimate of drug-likeness (QED) is 0.898. The molecule has 2 aliphatic rings. The first-order chi connectivity index (χ1) is 9.15. The highest BCUT2D eigenvalue weighted by molar-refractivity contribution is 5.80. The predicted molar refractivity (Wildman–Crippen MR) is 69.8 cm³/mol. The maximum atomic E-state index is 11.9. The summed E-state index contributed by atoms with van der Waals surface area (Å²) in [4.78, 5) is 24.7. The molecule has 3 rings (SSSR count).